The minimum atomic E-state index is -3.24. The first kappa shape index (κ1) is 19.8. The van der Waals surface area contributed by atoms with Gasteiger partial charge in [0.05, 0.1) is 29.8 Å². The van der Waals surface area contributed by atoms with Crippen molar-refractivity contribution in [3.05, 3.63) is 48.2 Å². The fourth-order valence-electron chi connectivity index (χ4n) is 3.19. The monoisotopic (exact) mass is 430 g/mol. The smallest absolute Gasteiger partial charge is 0.175 e. The lowest BCUT2D eigenvalue weighted by molar-refractivity contribution is 0.413. The predicted molar refractivity (Wildman–Crippen MR) is 118 cm³/mol. The van der Waals surface area contributed by atoms with Gasteiger partial charge in [-0.25, -0.2) is 8.42 Å². The number of aromatic nitrogens is 1. The van der Waals surface area contributed by atoms with E-state index in [0.29, 0.717) is 22.5 Å². The van der Waals surface area contributed by atoms with Crippen molar-refractivity contribution in [1.29, 1.82) is 0 Å². The van der Waals surface area contributed by atoms with Gasteiger partial charge in [-0.3, -0.25) is 4.99 Å². The molecule has 0 saturated carbocycles. The number of rotatable bonds is 6. The fourth-order valence-corrected chi connectivity index (χ4v) is 4.84. The molecule has 0 amide bonds. The lowest BCUT2D eigenvalue weighted by Crippen LogP contribution is -2.00. The summed E-state index contributed by atoms with van der Waals surface area (Å²) in [6, 6.07) is 12.2. The van der Waals surface area contributed by atoms with Crippen LogP contribution in [0.25, 0.3) is 10.9 Å². The zero-order chi connectivity index (χ0) is 20.6. The van der Waals surface area contributed by atoms with Crippen molar-refractivity contribution in [1.82, 2.24) is 4.98 Å². The second-order valence-corrected chi connectivity index (χ2v) is 10.2. The van der Waals surface area contributed by atoms with E-state index in [-0.39, 0.29) is 4.90 Å². The van der Waals surface area contributed by atoms with Gasteiger partial charge in [0.15, 0.2) is 9.84 Å². The Hall–Kier alpha value is -2.45. The maximum absolute atomic E-state index is 11.6. The van der Waals surface area contributed by atoms with Crippen molar-refractivity contribution in [2.45, 2.75) is 23.5 Å². The molecule has 1 N–H and O–H groups in total. The highest BCUT2D eigenvalue weighted by atomic mass is 32.2. The Morgan fingerprint density at radius 3 is 2.55 bits per heavy atom. The van der Waals surface area contributed by atoms with Crippen molar-refractivity contribution < 1.29 is 17.9 Å². The maximum Gasteiger partial charge on any atom is 0.175 e. The maximum atomic E-state index is 11.6. The standard InChI is InChI=1S/C21H22N2O4S2/c1-4-16-12-22-21(28-16)18-10-13-9-15(11-19(26-2)20(13)23-18)27-14-5-7-17(8-6-14)29(3,24)25/h5-11,16,23H,4,12H2,1-3H3. The lowest BCUT2D eigenvalue weighted by atomic mass is 10.2. The summed E-state index contributed by atoms with van der Waals surface area (Å²) in [5.74, 6) is 1.84. The summed E-state index contributed by atoms with van der Waals surface area (Å²) in [4.78, 5) is 8.33. The molecule has 1 aromatic heterocycles. The molecule has 0 bridgehead atoms. The van der Waals surface area contributed by atoms with Crippen LogP contribution in [-0.2, 0) is 9.84 Å². The van der Waals surface area contributed by atoms with Crippen LogP contribution >= 0.6 is 11.8 Å². The summed E-state index contributed by atoms with van der Waals surface area (Å²) < 4.78 is 34.7. The molecule has 4 rings (SSSR count). The molecule has 29 heavy (non-hydrogen) atoms. The highest BCUT2D eigenvalue weighted by Gasteiger charge is 2.21. The Morgan fingerprint density at radius 2 is 1.93 bits per heavy atom. The molecule has 1 unspecified atom stereocenters. The number of aliphatic imine (C=N–C) groups is 1. The van der Waals surface area contributed by atoms with Gasteiger partial charge in [0.25, 0.3) is 0 Å². The molecule has 8 heteroatoms. The number of methoxy groups -OCH3 is 1. The first-order valence-electron chi connectivity index (χ1n) is 9.27. The molecule has 1 aliphatic rings. The van der Waals surface area contributed by atoms with Crippen molar-refractivity contribution in [2.24, 2.45) is 4.99 Å². The molecule has 0 spiro atoms. The normalized spacial score (nSPS) is 16.8. The van der Waals surface area contributed by atoms with E-state index >= 15 is 0 Å². The van der Waals surface area contributed by atoms with Crippen LogP contribution in [0, 0.1) is 0 Å². The fraction of sp³-hybridized carbons (Fsp3) is 0.286. The third-order valence-electron chi connectivity index (χ3n) is 4.78. The van der Waals surface area contributed by atoms with Crippen LogP contribution in [0.5, 0.6) is 17.2 Å². The average Bonchev–Trinajstić information content (AvgIpc) is 3.33. The quantitative estimate of drug-likeness (QED) is 0.616. The van der Waals surface area contributed by atoms with Crippen molar-refractivity contribution in [2.75, 3.05) is 19.9 Å². The number of nitrogens with zero attached hydrogens (tertiary/aromatic N) is 1. The Labute approximate surface area is 174 Å². The van der Waals surface area contributed by atoms with Crippen LogP contribution in [0.3, 0.4) is 0 Å². The van der Waals surface area contributed by atoms with Crippen LogP contribution in [0.4, 0.5) is 0 Å². The Kier molecular flexibility index (Phi) is 5.31. The van der Waals surface area contributed by atoms with Crippen LogP contribution in [0.1, 0.15) is 19.0 Å². The molecule has 1 aliphatic heterocycles. The minimum Gasteiger partial charge on any atom is -0.494 e. The molecule has 3 aromatic rings. The van der Waals surface area contributed by atoms with E-state index in [2.05, 4.69) is 23.0 Å². The predicted octanol–water partition coefficient (Wildman–Crippen LogP) is 4.64. The van der Waals surface area contributed by atoms with Gasteiger partial charge in [0.1, 0.15) is 22.3 Å². The van der Waals surface area contributed by atoms with Crippen molar-refractivity contribution in [3.63, 3.8) is 0 Å². The van der Waals surface area contributed by atoms with E-state index in [1.807, 2.05) is 12.1 Å². The van der Waals surface area contributed by atoms with Gasteiger partial charge in [-0.15, -0.1) is 0 Å². The molecule has 0 aliphatic carbocycles. The molecule has 2 heterocycles. The number of sulfone groups is 1. The number of fused-ring (bicyclic) bond motifs is 1. The highest BCUT2D eigenvalue weighted by molar-refractivity contribution is 8.15. The summed E-state index contributed by atoms with van der Waals surface area (Å²) in [6.45, 7) is 3.03. The van der Waals surface area contributed by atoms with Gasteiger partial charge in [-0.2, -0.15) is 0 Å². The lowest BCUT2D eigenvalue weighted by Gasteiger charge is -2.09. The average molecular weight is 431 g/mol. The van der Waals surface area contributed by atoms with E-state index in [1.54, 1.807) is 31.0 Å². The summed E-state index contributed by atoms with van der Waals surface area (Å²) in [7, 11) is -1.62. The van der Waals surface area contributed by atoms with E-state index < -0.39 is 9.84 Å². The zero-order valence-corrected chi connectivity index (χ0v) is 18.1. The van der Waals surface area contributed by atoms with E-state index in [9.17, 15) is 8.42 Å². The first-order valence-corrected chi connectivity index (χ1v) is 12.0. The van der Waals surface area contributed by atoms with E-state index in [0.717, 1.165) is 34.6 Å². The van der Waals surface area contributed by atoms with E-state index in [4.69, 9.17) is 9.47 Å². The molecule has 2 aromatic carbocycles. The Bertz CT molecular complexity index is 1180. The van der Waals surface area contributed by atoms with Crippen LogP contribution in [0.15, 0.2) is 52.4 Å². The number of nitrogens with one attached hydrogen (secondary N) is 1. The Morgan fingerprint density at radius 1 is 1.17 bits per heavy atom. The highest BCUT2D eigenvalue weighted by Crippen LogP contribution is 2.36. The molecule has 6 nitrogen and oxygen atoms in total. The summed E-state index contributed by atoms with van der Waals surface area (Å²) in [6.07, 6.45) is 2.28. The van der Waals surface area contributed by atoms with Gasteiger partial charge in [-0.05, 0) is 42.8 Å². The molecule has 0 fully saturated rings. The summed E-state index contributed by atoms with van der Waals surface area (Å²) in [5.41, 5.74) is 1.87. The molecular weight excluding hydrogens is 408 g/mol. The number of benzene rings is 2. The minimum absolute atomic E-state index is 0.258. The van der Waals surface area contributed by atoms with Crippen LogP contribution < -0.4 is 9.47 Å². The Balaban J connectivity index is 1.64. The summed E-state index contributed by atoms with van der Waals surface area (Å²) in [5, 5.41) is 2.52. The van der Waals surface area contributed by atoms with Crippen molar-refractivity contribution in [3.8, 4) is 17.2 Å². The molecular formula is C21H22N2O4S2. The van der Waals surface area contributed by atoms with Gasteiger partial charge in [0.2, 0.25) is 0 Å². The molecule has 152 valence electrons. The number of ether oxygens (including phenoxy) is 2. The number of H-pyrrole nitrogens is 1. The summed E-state index contributed by atoms with van der Waals surface area (Å²) >= 11 is 1.80. The molecule has 1 atom stereocenters. The van der Waals surface area contributed by atoms with Crippen LogP contribution in [0.2, 0.25) is 0 Å². The largest absolute Gasteiger partial charge is 0.494 e. The molecule has 0 saturated heterocycles. The number of aromatic amines is 1. The topological polar surface area (TPSA) is 80.8 Å². The van der Waals surface area contributed by atoms with E-state index in [1.165, 1.54) is 18.4 Å². The zero-order valence-electron chi connectivity index (χ0n) is 16.4. The number of thioether (sulfide) groups is 1. The third kappa shape index (κ3) is 4.13. The first-order chi connectivity index (χ1) is 13.9. The van der Waals surface area contributed by atoms with Crippen LogP contribution in [-0.4, -0.2) is 43.6 Å². The number of hydrogen-bond acceptors (Lipinski definition) is 6. The van der Waals surface area contributed by atoms with Gasteiger partial charge in [-0.1, -0.05) is 18.7 Å². The van der Waals surface area contributed by atoms with Gasteiger partial charge in [0, 0.05) is 23.0 Å². The van der Waals surface area contributed by atoms with Gasteiger partial charge < -0.3 is 14.5 Å². The second kappa shape index (κ2) is 7.76. The molecule has 0 radical (unpaired) electrons. The SMILES string of the molecule is CCC1CN=C(c2cc3cc(Oc4ccc(S(C)(=O)=O)cc4)cc(OC)c3[nH]2)S1. The third-order valence-corrected chi connectivity index (χ3v) is 7.29. The number of hydrogen-bond donors (Lipinski definition) is 1. The van der Waals surface area contributed by atoms with Gasteiger partial charge >= 0.3 is 0 Å². The van der Waals surface area contributed by atoms with Crippen molar-refractivity contribution >= 4 is 37.5 Å². The second-order valence-electron chi connectivity index (χ2n) is 6.91.